The minimum Gasteiger partial charge on any atom is -0.338 e. The highest BCUT2D eigenvalue weighted by Gasteiger charge is 1.97. The Morgan fingerprint density at radius 3 is 1.33 bits per heavy atom. The van der Waals surface area contributed by atoms with Gasteiger partial charge >= 0.3 is 0 Å². The number of allylic oxidation sites excluding steroid dienone is 4. The van der Waals surface area contributed by atoms with Crippen LogP contribution < -0.4 is 5.50 Å². The quantitative estimate of drug-likeness (QED) is 0.349. The van der Waals surface area contributed by atoms with Crippen LogP contribution in [0.5, 0.6) is 0 Å². The van der Waals surface area contributed by atoms with Crippen LogP contribution in [0.2, 0.25) is 0 Å². The number of ketones is 2. The van der Waals surface area contributed by atoms with Crippen LogP contribution in [0.1, 0.15) is 0 Å². The molecule has 1 aliphatic carbocycles. The van der Waals surface area contributed by atoms with E-state index in [9.17, 15) is 9.59 Å². The Labute approximate surface area is 70.2 Å². The van der Waals surface area contributed by atoms with Gasteiger partial charge < -0.3 is 9.79 Å². The van der Waals surface area contributed by atoms with Gasteiger partial charge in [-0.25, -0.2) is 0 Å². The van der Waals surface area contributed by atoms with Gasteiger partial charge in [-0.1, -0.05) is 0 Å². The van der Waals surface area contributed by atoms with Crippen LogP contribution in [0.3, 0.4) is 0 Å². The Bertz CT molecular complexity index is 193. The fourth-order valence-electron chi connectivity index (χ4n) is 0.440. The summed E-state index contributed by atoms with van der Waals surface area (Å²) in [7, 11) is -2.12. The SMILES string of the molecule is NP(O)O.O=C1C=CC(=O)C=C1. The molecule has 0 spiro atoms. The highest BCUT2D eigenvalue weighted by atomic mass is 31.2. The highest BCUT2D eigenvalue weighted by molar-refractivity contribution is 7.42. The van der Waals surface area contributed by atoms with Crippen LogP contribution in [0, 0.1) is 0 Å². The summed E-state index contributed by atoms with van der Waals surface area (Å²) in [6.45, 7) is 0. The fraction of sp³-hybridized carbons (Fsp3) is 0. The molecule has 66 valence electrons. The van der Waals surface area contributed by atoms with Crippen molar-refractivity contribution in [3.8, 4) is 0 Å². The normalized spacial score (nSPS) is 14.7. The molecule has 12 heavy (non-hydrogen) atoms. The molecule has 0 fully saturated rings. The number of hydrogen-bond acceptors (Lipinski definition) is 5. The number of rotatable bonds is 0. The molecule has 0 aromatic heterocycles. The van der Waals surface area contributed by atoms with Crippen LogP contribution in [0.15, 0.2) is 24.3 Å². The van der Waals surface area contributed by atoms with Gasteiger partial charge in [-0.3, -0.25) is 15.1 Å². The van der Waals surface area contributed by atoms with Gasteiger partial charge in [0.15, 0.2) is 11.6 Å². The Balaban J connectivity index is 0.000000261. The van der Waals surface area contributed by atoms with Crippen molar-refractivity contribution >= 4 is 20.1 Å². The van der Waals surface area contributed by atoms with E-state index in [1.165, 1.54) is 24.3 Å². The molecule has 6 heteroatoms. The molecule has 0 amide bonds. The number of hydrogen-bond donors (Lipinski definition) is 3. The molecule has 0 aromatic rings. The minimum absolute atomic E-state index is 0.121. The standard InChI is InChI=1S/C6H4O2.H4NO2P/c7-5-1-2-6(8)4-3-5;1-4(2)3/h1-4H;2-3H,1H2. The molecular weight excluding hydrogens is 181 g/mol. The highest BCUT2D eigenvalue weighted by Crippen LogP contribution is 2.05. The molecule has 0 saturated carbocycles. The summed E-state index contributed by atoms with van der Waals surface area (Å²) < 4.78 is 0. The van der Waals surface area contributed by atoms with Gasteiger partial charge in [0.1, 0.15) is 0 Å². The largest absolute Gasteiger partial charge is 0.338 e. The Morgan fingerprint density at radius 1 is 1.00 bits per heavy atom. The number of nitrogens with two attached hydrogens (primary N) is 1. The second-order valence-electron chi connectivity index (χ2n) is 1.79. The molecule has 0 heterocycles. The maximum atomic E-state index is 10.3. The summed E-state index contributed by atoms with van der Waals surface area (Å²) in [5.41, 5.74) is 4.29. The number of carbonyl (C=O) groups excluding carboxylic acids is 2. The summed E-state index contributed by atoms with van der Waals surface area (Å²) >= 11 is 0. The van der Waals surface area contributed by atoms with Crippen LogP contribution in [-0.2, 0) is 9.59 Å². The zero-order chi connectivity index (χ0) is 9.56. The summed E-state index contributed by atoms with van der Waals surface area (Å²) in [5.74, 6) is -0.241. The molecule has 5 nitrogen and oxygen atoms in total. The minimum atomic E-state index is -2.12. The lowest BCUT2D eigenvalue weighted by atomic mass is 10.2. The first kappa shape index (κ1) is 11.1. The van der Waals surface area contributed by atoms with Crippen molar-refractivity contribution in [2.24, 2.45) is 5.50 Å². The Kier molecular flexibility index (Phi) is 5.32. The zero-order valence-electron chi connectivity index (χ0n) is 6.04. The van der Waals surface area contributed by atoms with E-state index >= 15 is 0 Å². The molecular formula is C6H8NO4P. The van der Waals surface area contributed by atoms with E-state index in [0.29, 0.717) is 0 Å². The Hall–Kier alpha value is -0.870. The van der Waals surface area contributed by atoms with Gasteiger partial charge in [-0.05, 0) is 24.3 Å². The van der Waals surface area contributed by atoms with E-state index < -0.39 is 8.53 Å². The Morgan fingerprint density at radius 2 is 1.17 bits per heavy atom. The molecule has 4 N–H and O–H groups in total. The van der Waals surface area contributed by atoms with Crippen molar-refractivity contribution in [2.45, 2.75) is 0 Å². The topological polar surface area (TPSA) is 101 Å². The second-order valence-corrected chi connectivity index (χ2v) is 2.43. The van der Waals surface area contributed by atoms with Gasteiger partial charge in [-0.15, -0.1) is 0 Å². The molecule has 0 bridgehead atoms. The van der Waals surface area contributed by atoms with E-state index in [0.717, 1.165) is 0 Å². The average Bonchev–Trinajstić information content (AvgIpc) is 1.94. The second kappa shape index (κ2) is 5.74. The lowest BCUT2D eigenvalue weighted by Crippen LogP contribution is -1.97. The first-order valence-electron chi connectivity index (χ1n) is 2.89. The predicted octanol–water partition coefficient (Wildman–Crippen LogP) is -0.593. The van der Waals surface area contributed by atoms with Crippen molar-refractivity contribution in [3.05, 3.63) is 24.3 Å². The first-order valence-corrected chi connectivity index (χ1v) is 4.20. The predicted molar refractivity (Wildman–Crippen MR) is 43.8 cm³/mol. The van der Waals surface area contributed by atoms with E-state index in [1.807, 2.05) is 0 Å². The van der Waals surface area contributed by atoms with E-state index in [2.05, 4.69) is 5.50 Å². The van der Waals surface area contributed by atoms with Gasteiger partial charge in [0.25, 0.3) is 0 Å². The molecule has 1 rings (SSSR count). The van der Waals surface area contributed by atoms with Crippen LogP contribution in [0.4, 0.5) is 0 Å². The van der Waals surface area contributed by atoms with Gasteiger partial charge in [0.2, 0.25) is 8.53 Å². The molecule has 0 aromatic carbocycles. The summed E-state index contributed by atoms with van der Waals surface area (Å²) in [4.78, 5) is 35.5. The smallest absolute Gasteiger partial charge is 0.247 e. The number of carbonyl (C=O) groups is 2. The third-order valence-electron chi connectivity index (χ3n) is 0.824. The zero-order valence-corrected chi connectivity index (χ0v) is 6.94. The average molecular weight is 189 g/mol. The van der Waals surface area contributed by atoms with Gasteiger partial charge in [0, 0.05) is 0 Å². The van der Waals surface area contributed by atoms with Crippen LogP contribution >= 0.6 is 8.53 Å². The lowest BCUT2D eigenvalue weighted by molar-refractivity contribution is -0.113. The molecule has 1 aliphatic rings. The molecule has 0 atom stereocenters. The van der Waals surface area contributed by atoms with Crippen molar-refractivity contribution in [3.63, 3.8) is 0 Å². The summed E-state index contributed by atoms with van der Waals surface area (Å²) in [6.07, 6.45) is 5.01. The summed E-state index contributed by atoms with van der Waals surface area (Å²) in [5, 5.41) is 0. The summed E-state index contributed by atoms with van der Waals surface area (Å²) in [6, 6.07) is 0. The van der Waals surface area contributed by atoms with Gasteiger partial charge in [0.05, 0.1) is 0 Å². The maximum absolute atomic E-state index is 10.3. The monoisotopic (exact) mass is 189 g/mol. The lowest BCUT2D eigenvalue weighted by Gasteiger charge is -1.87. The first-order chi connectivity index (χ1) is 5.52. The molecule has 0 aliphatic heterocycles. The fourth-order valence-corrected chi connectivity index (χ4v) is 0.440. The van der Waals surface area contributed by atoms with E-state index in [-0.39, 0.29) is 11.6 Å². The van der Waals surface area contributed by atoms with Crippen molar-refractivity contribution in [1.29, 1.82) is 0 Å². The maximum Gasteiger partial charge on any atom is 0.247 e. The van der Waals surface area contributed by atoms with Crippen molar-refractivity contribution in [2.75, 3.05) is 0 Å². The van der Waals surface area contributed by atoms with Crippen molar-refractivity contribution in [1.82, 2.24) is 0 Å². The third kappa shape index (κ3) is 7.24. The van der Waals surface area contributed by atoms with E-state index in [1.54, 1.807) is 0 Å². The third-order valence-corrected chi connectivity index (χ3v) is 0.824. The molecule has 0 radical (unpaired) electrons. The van der Waals surface area contributed by atoms with E-state index in [4.69, 9.17) is 9.79 Å². The molecule has 0 saturated heterocycles. The molecule has 0 unspecified atom stereocenters. The van der Waals surface area contributed by atoms with Crippen LogP contribution in [-0.4, -0.2) is 21.4 Å². The van der Waals surface area contributed by atoms with Crippen molar-refractivity contribution < 1.29 is 19.4 Å². The van der Waals surface area contributed by atoms with Crippen LogP contribution in [0.25, 0.3) is 0 Å². The van der Waals surface area contributed by atoms with Gasteiger partial charge in [-0.2, -0.15) is 0 Å².